The number of ether oxygens (including phenoxy) is 1. The Morgan fingerprint density at radius 3 is 2.58 bits per heavy atom. The van der Waals surface area contributed by atoms with Crippen LogP contribution in [0.4, 0.5) is 0 Å². The monoisotopic (exact) mass is 269 g/mol. The number of hydrogen-bond acceptors (Lipinski definition) is 2. The fourth-order valence-corrected chi connectivity index (χ4v) is 3.24. The Morgan fingerprint density at radius 1 is 1.16 bits per heavy atom. The molecule has 0 bridgehead atoms. The van der Waals surface area contributed by atoms with E-state index in [2.05, 4.69) is 33.0 Å². The summed E-state index contributed by atoms with van der Waals surface area (Å²) >= 11 is 0. The lowest BCUT2D eigenvalue weighted by Crippen LogP contribution is -2.41. The standard InChI is InChI=1S/C17H35NO/c1-5-15-7-8-17(18-6-2)16(13-15)10-12-19-11-9-14(3)4/h14-18H,5-13H2,1-4H3. The van der Waals surface area contributed by atoms with Gasteiger partial charge in [0.15, 0.2) is 0 Å². The Morgan fingerprint density at radius 2 is 1.95 bits per heavy atom. The van der Waals surface area contributed by atoms with Crippen molar-refractivity contribution in [2.75, 3.05) is 19.8 Å². The molecule has 2 nitrogen and oxygen atoms in total. The highest BCUT2D eigenvalue weighted by atomic mass is 16.5. The van der Waals surface area contributed by atoms with Crippen molar-refractivity contribution in [3.8, 4) is 0 Å². The summed E-state index contributed by atoms with van der Waals surface area (Å²) in [4.78, 5) is 0. The molecule has 1 fully saturated rings. The molecule has 1 rings (SSSR count). The van der Waals surface area contributed by atoms with Crippen LogP contribution in [0.3, 0.4) is 0 Å². The number of nitrogens with one attached hydrogen (secondary N) is 1. The molecule has 0 aliphatic heterocycles. The smallest absolute Gasteiger partial charge is 0.0469 e. The molecule has 19 heavy (non-hydrogen) atoms. The number of hydrogen-bond donors (Lipinski definition) is 1. The Bertz CT molecular complexity index is 217. The summed E-state index contributed by atoms with van der Waals surface area (Å²) in [5.74, 6) is 2.54. The van der Waals surface area contributed by atoms with Gasteiger partial charge in [0.2, 0.25) is 0 Å². The zero-order valence-electron chi connectivity index (χ0n) is 13.6. The van der Waals surface area contributed by atoms with Gasteiger partial charge in [-0.3, -0.25) is 0 Å². The third kappa shape index (κ3) is 6.76. The van der Waals surface area contributed by atoms with Gasteiger partial charge in [-0.2, -0.15) is 0 Å². The minimum atomic E-state index is 0.737. The molecular formula is C17H35NO. The van der Waals surface area contributed by atoms with Crippen molar-refractivity contribution in [3.63, 3.8) is 0 Å². The highest BCUT2D eigenvalue weighted by Gasteiger charge is 2.28. The molecule has 3 unspecified atom stereocenters. The first-order valence-corrected chi connectivity index (χ1v) is 8.48. The Balaban J connectivity index is 2.25. The van der Waals surface area contributed by atoms with E-state index in [1.807, 2.05) is 0 Å². The predicted molar refractivity (Wildman–Crippen MR) is 83.5 cm³/mol. The van der Waals surface area contributed by atoms with Gasteiger partial charge in [-0.15, -0.1) is 0 Å². The zero-order chi connectivity index (χ0) is 14.1. The maximum absolute atomic E-state index is 5.81. The van der Waals surface area contributed by atoms with E-state index in [1.165, 1.54) is 38.5 Å². The van der Waals surface area contributed by atoms with E-state index in [1.54, 1.807) is 0 Å². The summed E-state index contributed by atoms with van der Waals surface area (Å²) in [5, 5.41) is 3.68. The first-order valence-electron chi connectivity index (χ1n) is 8.48. The van der Waals surface area contributed by atoms with E-state index in [9.17, 15) is 0 Å². The van der Waals surface area contributed by atoms with E-state index in [4.69, 9.17) is 4.74 Å². The first kappa shape index (κ1) is 17.0. The predicted octanol–water partition coefficient (Wildman–Crippen LogP) is 4.24. The molecule has 114 valence electrons. The molecule has 1 N–H and O–H groups in total. The van der Waals surface area contributed by atoms with Crippen LogP contribution in [0.1, 0.15) is 66.2 Å². The summed E-state index contributed by atoms with van der Waals surface area (Å²) in [7, 11) is 0. The van der Waals surface area contributed by atoms with Gasteiger partial charge >= 0.3 is 0 Å². The van der Waals surface area contributed by atoms with Crippen LogP contribution in [-0.4, -0.2) is 25.8 Å². The summed E-state index contributed by atoms with van der Waals surface area (Å²) in [5.41, 5.74) is 0. The first-order chi connectivity index (χ1) is 9.17. The Kier molecular flexibility index (Phi) is 8.72. The summed E-state index contributed by atoms with van der Waals surface area (Å²) in [6.45, 7) is 12.1. The molecule has 2 heteroatoms. The highest BCUT2D eigenvalue weighted by Crippen LogP contribution is 2.33. The third-order valence-corrected chi connectivity index (χ3v) is 4.61. The van der Waals surface area contributed by atoms with Crippen molar-refractivity contribution >= 4 is 0 Å². The van der Waals surface area contributed by atoms with Gasteiger partial charge in [-0.1, -0.05) is 34.1 Å². The van der Waals surface area contributed by atoms with E-state index >= 15 is 0 Å². The normalized spacial score (nSPS) is 27.9. The molecule has 0 aromatic carbocycles. The second-order valence-electron chi connectivity index (χ2n) is 6.60. The molecule has 1 aliphatic rings. The van der Waals surface area contributed by atoms with E-state index in [0.717, 1.165) is 43.6 Å². The highest BCUT2D eigenvalue weighted by molar-refractivity contribution is 4.84. The van der Waals surface area contributed by atoms with Crippen LogP contribution in [0.25, 0.3) is 0 Å². The maximum Gasteiger partial charge on any atom is 0.0469 e. The Hall–Kier alpha value is -0.0800. The minimum absolute atomic E-state index is 0.737. The largest absolute Gasteiger partial charge is 0.381 e. The second-order valence-corrected chi connectivity index (χ2v) is 6.60. The fraction of sp³-hybridized carbons (Fsp3) is 1.00. The van der Waals surface area contributed by atoms with Crippen molar-refractivity contribution in [2.24, 2.45) is 17.8 Å². The average Bonchev–Trinajstić information content (AvgIpc) is 2.40. The van der Waals surface area contributed by atoms with Gasteiger partial charge in [0, 0.05) is 19.3 Å². The SMILES string of the molecule is CCNC1CCC(CC)CC1CCOCCC(C)C. The quantitative estimate of drug-likeness (QED) is 0.632. The van der Waals surface area contributed by atoms with Gasteiger partial charge in [0.1, 0.15) is 0 Å². The molecule has 0 radical (unpaired) electrons. The molecule has 0 spiro atoms. The fourth-order valence-electron chi connectivity index (χ4n) is 3.24. The minimum Gasteiger partial charge on any atom is -0.381 e. The molecule has 0 aromatic heterocycles. The Labute approximate surface area is 120 Å². The zero-order valence-corrected chi connectivity index (χ0v) is 13.6. The van der Waals surface area contributed by atoms with Crippen molar-refractivity contribution in [3.05, 3.63) is 0 Å². The average molecular weight is 269 g/mol. The van der Waals surface area contributed by atoms with Crippen LogP contribution in [0.5, 0.6) is 0 Å². The van der Waals surface area contributed by atoms with E-state index in [-0.39, 0.29) is 0 Å². The van der Waals surface area contributed by atoms with Crippen molar-refractivity contribution < 1.29 is 4.74 Å². The van der Waals surface area contributed by atoms with Crippen LogP contribution in [0, 0.1) is 17.8 Å². The lowest BCUT2D eigenvalue weighted by atomic mass is 9.75. The maximum atomic E-state index is 5.81. The van der Waals surface area contributed by atoms with Crippen LogP contribution in [0.2, 0.25) is 0 Å². The third-order valence-electron chi connectivity index (χ3n) is 4.61. The van der Waals surface area contributed by atoms with Crippen LogP contribution >= 0.6 is 0 Å². The molecule has 0 heterocycles. The molecule has 0 aromatic rings. The molecule has 0 saturated heterocycles. The van der Waals surface area contributed by atoms with Crippen molar-refractivity contribution in [1.82, 2.24) is 5.32 Å². The van der Waals surface area contributed by atoms with Gasteiger partial charge in [0.05, 0.1) is 0 Å². The summed E-state index contributed by atoms with van der Waals surface area (Å²) in [6.07, 6.45) is 7.97. The van der Waals surface area contributed by atoms with Crippen LogP contribution in [0.15, 0.2) is 0 Å². The van der Waals surface area contributed by atoms with Crippen molar-refractivity contribution in [2.45, 2.75) is 72.3 Å². The molecule has 1 saturated carbocycles. The molecule has 0 amide bonds. The second kappa shape index (κ2) is 9.77. The molecular weight excluding hydrogens is 234 g/mol. The van der Waals surface area contributed by atoms with Crippen LogP contribution < -0.4 is 5.32 Å². The van der Waals surface area contributed by atoms with Gasteiger partial charge in [-0.05, 0) is 56.4 Å². The van der Waals surface area contributed by atoms with Crippen molar-refractivity contribution in [1.29, 1.82) is 0 Å². The van der Waals surface area contributed by atoms with Gasteiger partial charge in [0.25, 0.3) is 0 Å². The summed E-state index contributed by atoms with van der Waals surface area (Å²) in [6, 6.07) is 0.737. The van der Waals surface area contributed by atoms with Gasteiger partial charge < -0.3 is 10.1 Å². The molecule has 1 aliphatic carbocycles. The van der Waals surface area contributed by atoms with E-state index in [0.29, 0.717) is 0 Å². The summed E-state index contributed by atoms with van der Waals surface area (Å²) < 4.78 is 5.81. The van der Waals surface area contributed by atoms with Gasteiger partial charge in [-0.25, -0.2) is 0 Å². The topological polar surface area (TPSA) is 21.3 Å². The lowest BCUT2D eigenvalue weighted by molar-refractivity contribution is 0.0894. The molecule has 3 atom stereocenters. The number of rotatable bonds is 9. The lowest BCUT2D eigenvalue weighted by Gasteiger charge is -2.36. The van der Waals surface area contributed by atoms with E-state index < -0.39 is 0 Å². The van der Waals surface area contributed by atoms with Crippen LogP contribution in [-0.2, 0) is 4.74 Å².